The standard InChI is InChI=1S/C14H22N4O2S/c1-11(12(19)16-13-17-15-10-21-13)18-6-2-3-14(9-18)4-7-20-8-5-14/h10-11H,2-9H2,1H3,(H,16,17,19)/t11-/m1/s1. The lowest BCUT2D eigenvalue weighted by molar-refractivity contribution is -0.123. The van der Waals surface area contributed by atoms with Gasteiger partial charge in [0.25, 0.3) is 0 Å². The maximum atomic E-state index is 12.3. The Labute approximate surface area is 128 Å². The van der Waals surface area contributed by atoms with E-state index >= 15 is 0 Å². The van der Waals surface area contributed by atoms with Crippen LogP contribution in [0.2, 0.25) is 0 Å². The van der Waals surface area contributed by atoms with Crippen molar-refractivity contribution in [1.29, 1.82) is 0 Å². The molecule has 0 radical (unpaired) electrons. The number of piperidine rings is 1. The van der Waals surface area contributed by atoms with E-state index in [9.17, 15) is 4.79 Å². The number of nitrogens with zero attached hydrogens (tertiary/aromatic N) is 3. The number of likely N-dealkylation sites (tertiary alicyclic amines) is 1. The van der Waals surface area contributed by atoms with E-state index in [2.05, 4.69) is 20.4 Å². The summed E-state index contributed by atoms with van der Waals surface area (Å²) in [6.45, 7) is 5.70. The van der Waals surface area contributed by atoms with Crippen LogP contribution in [-0.4, -0.2) is 53.3 Å². The maximum Gasteiger partial charge on any atom is 0.243 e. The predicted octanol–water partition coefficient (Wildman–Crippen LogP) is 1.76. The third-order valence-electron chi connectivity index (χ3n) is 4.76. The van der Waals surface area contributed by atoms with E-state index in [1.165, 1.54) is 17.8 Å². The van der Waals surface area contributed by atoms with Crippen molar-refractivity contribution in [3.8, 4) is 0 Å². The van der Waals surface area contributed by atoms with Gasteiger partial charge in [0.2, 0.25) is 11.0 Å². The molecular weight excluding hydrogens is 288 g/mol. The predicted molar refractivity (Wildman–Crippen MR) is 81.3 cm³/mol. The van der Waals surface area contributed by atoms with Gasteiger partial charge >= 0.3 is 0 Å². The summed E-state index contributed by atoms with van der Waals surface area (Å²) in [7, 11) is 0. The van der Waals surface area contributed by atoms with Gasteiger partial charge in [0.1, 0.15) is 5.51 Å². The van der Waals surface area contributed by atoms with Crippen LogP contribution < -0.4 is 5.32 Å². The lowest BCUT2D eigenvalue weighted by Crippen LogP contribution is -2.52. The fourth-order valence-corrected chi connectivity index (χ4v) is 3.84. The minimum atomic E-state index is -0.131. The number of ether oxygens (including phenoxy) is 1. The van der Waals surface area contributed by atoms with Gasteiger partial charge in [0, 0.05) is 19.8 Å². The second kappa shape index (κ2) is 6.37. The number of hydrogen-bond donors (Lipinski definition) is 1. The van der Waals surface area contributed by atoms with E-state index in [1.807, 2.05) is 6.92 Å². The minimum absolute atomic E-state index is 0.0101. The number of hydrogen-bond acceptors (Lipinski definition) is 6. The number of amides is 1. The molecule has 6 nitrogen and oxygen atoms in total. The largest absolute Gasteiger partial charge is 0.381 e. The van der Waals surface area contributed by atoms with Crippen LogP contribution in [0.25, 0.3) is 0 Å². The smallest absolute Gasteiger partial charge is 0.243 e. The van der Waals surface area contributed by atoms with Crippen molar-refractivity contribution in [2.75, 3.05) is 31.6 Å². The minimum Gasteiger partial charge on any atom is -0.381 e. The second-order valence-electron chi connectivity index (χ2n) is 6.10. The summed E-state index contributed by atoms with van der Waals surface area (Å²) in [5.74, 6) is 0.0101. The SMILES string of the molecule is C[C@H](C(=O)Nc1nncs1)N1CCCC2(CCOCC2)C1. The lowest BCUT2D eigenvalue weighted by Gasteiger charge is -2.46. The van der Waals surface area contributed by atoms with Crippen molar-refractivity contribution in [3.63, 3.8) is 0 Å². The monoisotopic (exact) mass is 310 g/mol. The van der Waals surface area contributed by atoms with Crippen molar-refractivity contribution >= 4 is 22.4 Å². The van der Waals surface area contributed by atoms with E-state index in [0.717, 1.165) is 45.6 Å². The molecule has 3 rings (SSSR count). The molecule has 2 aliphatic rings. The third-order valence-corrected chi connectivity index (χ3v) is 5.37. The normalized spacial score (nSPS) is 23.9. The summed E-state index contributed by atoms with van der Waals surface area (Å²) in [6, 6.07) is -0.131. The maximum absolute atomic E-state index is 12.3. The Morgan fingerprint density at radius 2 is 2.29 bits per heavy atom. The van der Waals surface area contributed by atoms with Gasteiger partial charge in [-0.25, -0.2) is 0 Å². The zero-order valence-electron chi connectivity index (χ0n) is 12.4. The average molecular weight is 310 g/mol. The Morgan fingerprint density at radius 1 is 1.48 bits per heavy atom. The number of rotatable bonds is 3. The molecule has 7 heteroatoms. The van der Waals surface area contributed by atoms with Crippen LogP contribution in [0, 0.1) is 5.41 Å². The number of carbonyl (C=O) groups excluding carboxylic acids is 1. The Hall–Kier alpha value is -1.05. The lowest BCUT2D eigenvalue weighted by atomic mass is 9.73. The van der Waals surface area contributed by atoms with Crippen molar-refractivity contribution in [3.05, 3.63) is 5.51 Å². The van der Waals surface area contributed by atoms with E-state index in [-0.39, 0.29) is 11.9 Å². The molecule has 0 saturated carbocycles. The molecule has 2 saturated heterocycles. The summed E-state index contributed by atoms with van der Waals surface area (Å²) < 4.78 is 5.50. The molecule has 2 fully saturated rings. The van der Waals surface area contributed by atoms with Crippen LogP contribution in [0.15, 0.2) is 5.51 Å². The van der Waals surface area contributed by atoms with Crippen molar-refractivity contribution in [2.45, 2.75) is 38.6 Å². The molecule has 0 aromatic carbocycles. The molecular formula is C14H22N4O2S. The molecule has 3 heterocycles. The van der Waals surface area contributed by atoms with Gasteiger partial charge in [-0.3, -0.25) is 15.0 Å². The Kier molecular flexibility index (Phi) is 4.51. The highest BCUT2D eigenvalue weighted by atomic mass is 32.1. The van der Waals surface area contributed by atoms with Crippen LogP contribution in [0.4, 0.5) is 5.13 Å². The Balaban J connectivity index is 1.61. The van der Waals surface area contributed by atoms with E-state index < -0.39 is 0 Å². The molecule has 1 N–H and O–H groups in total. The van der Waals surface area contributed by atoms with Gasteiger partial charge in [0.05, 0.1) is 6.04 Å². The van der Waals surface area contributed by atoms with E-state index in [0.29, 0.717) is 10.5 Å². The molecule has 1 aromatic rings. The van der Waals surface area contributed by atoms with Crippen LogP contribution in [0.5, 0.6) is 0 Å². The highest BCUT2D eigenvalue weighted by molar-refractivity contribution is 7.13. The first-order chi connectivity index (χ1) is 10.2. The van der Waals surface area contributed by atoms with Crippen molar-refractivity contribution < 1.29 is 9.53 Å². The first kappa shape index (κ1) is 14.9. The number of anilines is 1. The summed E-state index contributed by atoms with van der Waals surface area (Å²) in [5, 5.41) is 11.0. The number of aromatic nitrogens is 2. The molecule has 1 amide bonds. The summed E-state index contributed by atoms with van der Waals surface area (Å²) >= 11 is 1.35. The molecule has 0 unspecified atom stereocenters. The average Bonchev–Trinajstić information content (AvgIpc) is 3.00. The summed E-state index contributed by atoms with van der Waals surface area (Å²) in [5.41, 5.74) is 1.98. The van der Waals surface area contributed by atoms with Crippen LogP contribution >= 0.6 is 11.3 Å². The van der Waals surface area contributed by atoms with Crippen LogP contribution in [-0.2, 0) is 9.53 Å². The van der Waals surface area contributed by atoms with Gasteiger partial charge in [-0.1, -0.05) is 11.3 Å². The number of nitrogens with one attached hydrogen (secondary N) is 1. The van der Waals surface area contributed by atoms with Crippen molar-refractivity contribution in [2.24, 2.45) is 5.41 Å². The molecule has 116 valence electrons. The summed E-state index contributed by atoms with van der Waals surface area (Å²) in [6.07, 6.45) is 4.66. The topological polar surface area (TPSA) is 67.4 Å². The molecule has 0 aliphatic carbocycles. The van der Waals surface area contributed by atoms with Gasteiger partial charge in [0.15, 0.2) is 0 Å². The first-order valence-electron chi connectivity index (χ1n) is 7.57. The van der Waals surface area contributed by atoms with Gasteiger partial charge in [-0.2, -0.15) is 0 Å². The molecule has 1 atom stereocenters. The fourth-order valence-electron chi connectivity index (χ4n) is 3.39. The molecule has 2 aliphatic heterocycles. The molecule has 1 aromatic heterocycles. The van der Waals surface area contributed by atoms with Gasteiger partial charge in [-0.05, 0) is 44.6 Å². The highest BCUT2D eigenvalue weighted by Gasteiger charge is 2.39. The first-order valence-corrected chi connectivity index (χ1v) is 8.45. The quantitative estimate of drug-likeness (QED) is 0.921. The molecule has 21 heavy (non-hydrogen) atoms. The summed E-state index contributed by atoms with van der Waals surface area (Å²) in [4.78, 5) is 14.7. The van der Waals surface area contributed by atoms with Gasteiger partial charge < -0.3 is 4.74 Å². The van der Waals surface area contributed by atoms with Crippen LogP contribution in [0.1, 0.15) is 32.6 Å². The van der Waals surface area contributed by atoms with E-state index in [4.69, 9.17) is 4.74 Å². The van der Waals surface area contributed by atoms with Gasteiger partial charge in [-0.15, -0.1) is 10.2 Å². The van der Waals surface area contributed by atoms with Crippen LogP contribution in [0.3, 0.4) is 0 Å². The van der Waals surface area contributed by atoms with E-state index in [1.54, 1.807) is 5.51 Å². The number of carbonyl (C=O) groups is 1. The Bertz CT molecular complexity index is 468. The molecule has 1 spiro atoms. The zero-order valence-corrected chi connectivity index (χ0v) is 13.2. The highest BCUT2D eigenvalue weighted by Crippen LogP contribution is 2.39. The molecule has 0 bridgehead atoms. The zero-order chi connectivity index (χ0) is 14.7. The van der Waals surface area contributed by atoms with Crippen molar-refractivity contribution in [1.82, 2.24) is 15.1 Å². The second-order valence-corrected chi connectivity index (χ2v) is 6.93. The third kappa shape index (κ3) is 3.41. The fraction of sp³-hybridized carbons (Fsp3) is 0.786. The Morgan fingerprint density at radius 3 is 3.00 bits per heavy atom.